The third-order valence-corrected chi connectivity index (χ3v) is 5.56. The van der Waals surface area contributed by atoms with Crippen molar-refractivity contribution in [2.24, 2.45) is 5.92 Å². The van der Waals surface area contributed by atoms with Gasteiger partial charge in [-0.15, -0.1) is 0 Å². The van der Waals surface area contributed by atoms with Crippen molar-refractivity contribution >= 4 is 17.2 Å². The Morgan fingerprint density at radius 2 is 2.00 bits per heavy atom. The van der Waals surface area contributed by atoms with Gasteiger partial charge in [0, 0.05) is 18.9 Å². The number of allylic oxidation sites excluding steroid dienone is 5. The van der Waals surface area contributed by atoms with Gasteiger partial charge in [0.25, 0.3) is 0 Å². The van der Waals surface area contributed by atoms with Crippen molar-refractivity contribution in [2.75, 3.05) is 19.0 Å². The molecule has 1 aromatic carbocycles. The van der Waals surface area contributed by atoms with Crippen LogP contribution in [0.25, 0.3) is 5.57 Å². The molecular formula is C24H26N2O2. The maximum absolute atomic E-state index is 12.5. The van der Waals surface area contributed by atoms with Crippen LogP contribution in [0.15, 0.2) is 77.3 Å². The first-order chi connectivity index (χ1) is 13.5. The first-order valence-electron chi connectivity index (χ1n) is 9.84. The molecule has 0 atom stereocenters. The Kier molecular flexibility index (Phi) is 4.71. The molecule has 0 unspecified atom stereocenters. The van der Waals surface area contributed by atoms with Crippen LogP contribution in [0, 0.1) is 5.92 Å². The molecule has 2 heterocycles. The van der Waals surface area contributed by atoms with Crippen LogP contribution < -0.4 is 5.32 Å². The Morgan fingerprint density at radius 1 is 1.29 bits per heavy atom. The predicted octanol–water partition coefficient (Wildman–Crippen LogP) is 5.01. The lowest BCUT2D eigenvalue weighted by Crippen LogP contribution is -2.28. The molecule has 144 valence electrons. The summed E-state index contributed by atoms with van der Waals surface area (Å²) >= 11 is 0. The van der Waals surface area contributed by atoms with Crippen molar-refractivity contribution in [3.05, 3.63) is 82.9 Å². The molecule has 3 aliphatic rings. The van der Waals surface area contributed by atoms with Crippen LogP contribution in [0.1, 0.15) is 32.3 Å². The summed E-state index contributed by atoms with van der Waals surface area (Å²) in [5.74, 6) is 0.206. The maximum atomic E-state index is 12.5. The molecule has 1 saturated carbocycles. The fourth-order valence-electron chi connectivity index (χ4n) is 3.89. The Morgan fingerprint density at radius 3 is 2.61 bits per heavy atom. The van der Waals surface area contributed by atoms with Crippen LogP contribution in [0.3, 0.4) is 0 Å². The number of benzene rings is 1. The molecule has 4 nitrogen and oxygen atoms in total. The molecule has 2 aliphatic heterocycles. The van der Waals surface area contributed by atoms with E-state index in [0.29, 0.717) is 23.8 Å². The van der Waals surface area contributed by atoms with Gasteiger partial charge in [0.1, 0.15) is 0 Å². The number of nitrogens with zero attached hydrogens (tertiary/aromatic N) is 1. The van der Waals surface area contributed by atoms with Gasteiger partial charge in [0.05, 0.1) is 23.6 Å². The van der Waals surface area contributed by atoms with Crippen molar-refractivity contribution in [2.45, 2.75) is 26.7 Å². The number of ether oxygens (including phenoxy) is 1. The summed E-state index contributed by atoms with van der Waals surface area (Å²) in [6.07, 6.45) is 8.47. The van der Waals surface area contributed by atoms with E-state index in [2.05, 4.69) is 54.1 Å². The number of esters is 1. The Balaban J connectivity index is 1.82. The van der Waals surface area contributed by atoms with Crippen LogP contribution in [-0.4, -0.2) is 24.5 Å². The van der Waals surface area contributed by atoms with Crippen LogP contribution in [0.5, 0.6) is 0 Å². The lowest BCUT2D eigenvalue weighted by Gasteiger charge is -2.36. The highest BCUT2D eigenvalue weighted by Gasteiger charge is 2.37. The highest BCUT2D eigenvalue weighted by atomic mass is 16.5. The second-order valence-electron chi connectivity index (χ2n) is 7.36. The fourth-order valence-corrected chi connectivity index (χ4v) is 3.89. The number of hydrogen-bond donors (Lipinski definition) is 1. The highest BCUT2D eigenvalue weighted by molar-refractivity contribution is 5.95. The number of nitrogens with one attached hydrogen (secondary N) is 1. The zero-order chi connectivity index (χ0) is 19.8. The van der Waals surface area contributed by atoms with Gasteiger partial charge in [-0.2, -0.15) is 0 Å². The zero-order valence-electron chi connectivity index (χ0n) is 16.7. The van der Waals surface area contributed by atoms with E-state index < -0.39 is 0 Å². The van der Waals surface area contributed by atoms with Gasteiger partial charge >= 0.3 is 5.97 Å². The summed E-state index contributed by atoms with van der Waals surface area (Å²) in [7, 11) is 1.92. The monoisotopic (exact) mass is 374 g/mol. The summed E-state index contributed by atoms with van der Waals surface area (Å²) in [5, 5.41) is 3.16. The van der Waals surface area contributed by atoms with Crippen molar-refractivity contribution in [1.29, 1.82) is 0 Å². The number of fused-ring (bicyclic) bond motifs is 1. The molecule has 1 aliphatic carbocycles. The quantitative estimate of drug-likeness (QED) is 0.736. The van der Waals surface area contributed by atoms with E-state index in [1.54, 1.807) is 0 Å². The second-order valence-corrected chi connectivity index (χ2v) is 7.36. The average molecular weight is 374 g/mol. The minimum atomic E-state index is -0.298. The largest absolute Gasteiger partial charge is 0.462 e. The molecule has 0 spiro atoms. The Bertz CT molecular complexity index is 957. The predicted molar refractivity (Wildman–Crippen MR) is 113 cm³/mol. The topological polar surface area (TPSA) is 41.6 Å². The van der Waals surface area contributed by atoms with Crippen LogP contribution in [-0.2, 0) is 9.53 Å². The fraction of sp³-hybridized carbons (Fsp3) is 0.292. The highest BCUT2D eigenvalue weighted by Crippen LogP contribution is 2.47. The van der Waals surface area contributed by atoms with E-state index in [0.717, 1.165) is 24.2 Å². The lowest BCUT2D eigenvalue weighted by atomic mass is 9.88. The van der Waals surface area contributed by atoms with Gasteiger partial charge in [-0.1, -0.05) is 18.7 Å². The third kappa shape index (κ3) is 3.09. The summed E-state index contributed by atoms with van der Waals surface area (Å²) in [6.45, 7) is 8.54. The Labute approximate surface area is 166 Å². The van der Waals surface area contributed by atoms with E-state index in [1.807, 2.05) is 26.2 Å². The van der Waals surface area contributed by atoms with Crippen LogP contribution in [0.2, 0.25) is 0 Å². The molecule has 28 heavy (non-hydrogen) atoms. The molecule has 0 aromatic heterocycles. The van der Waals surface area contributed by atoms with E-state index in [-0.39, 0.29) is 5.97 Å². The average Bonchev–Trinajstić information content (AvgIpc) is 3.54. The lowest BCUT2D eigenvalue weighted by molar-refractivity contribution is -0.138. The summed E-state index contributed by atoms with van der Waals surface area (Å²) in [5.41, 5.74) is 8.31. The number of carbonyl (C=O) groups excluding carboxylic acids is 1. The van der Waals surface area contributed by atoms with Crippen LogP contribution in [0.4, 0.5) is 5.69 Å². The minimum Gasteiger partial charge on any atom is -0.462 e. The second kappa shape index (κ2) is 7.19. The van der Waals surface area contributed by atoms with Crippen molar-refractivity contribution in [3.63, 3.8) is 0 Å². The normalized spacial score (nSPS) is 18.9. The first kappa shape index (κ1) is 18.4. The molecule has 1 fully saturated rings. The minimum absolute atomic E-state index is 0.298. The summed E-state index contributed by atoms with van der Waals surface area (Å²) in [4.78, 5) is 14.5. The smallest absolute Gasteiger partial charge is 0.340 e. The van der Waals surface area contributed by atoms with E-state index >= 15 is 0 Å². The maximum Gasteiger partial charge on any atom is 0.340 e. The van der Waals surface area contributed by atoms with E-state index in [4.69, 9.17) is 4.74 Å². The van der Waals surface area contributed by atoms with E-state index in [1.165, 1.54) is 22.3 Å². The molecule has 0 saturated heterocycles. The van der Waals surface area contributed by atoms with Gasteiger partial charge in [-0.25, -0.2) is 4.79 Å². The molecule has 0 bridgehead atoms. The first-order valence-corrected chi connectivity index (χ1v) is 9.84. The third-order valence-electron chi connectivity index (χ3n) is 5.56. The van der Waals surface area contributed by atoms with Crippen LogP contribution >= 0.6 is 0 Å². The standard InChI is InChI=1S/C24H26N2O2/c1-5-28-24(27)21-14-22(18-6-7-18)23-15(2)20(12-13-26(23)16(21)3)17-8-10-19(25-4)11-9-17/h8-14,18,25H,3,5-7H2,1-2,4H3. The Hall–Kier alpha value is -3.01. The van der Waals surface area contributed by atoms with E-state index in [9.17, 15) is 4.79 Å². The van der Waals surface area contributed by atoms with Gasteiger partial charge in [-0.05, 0) is 79.2 Å². The zero-order valence-corrected chi connectivity index (χ0v) is 16.7. The van der Waals surface area contributed by atoms with Crippen molar-refractivity contribution in [3.8, 4) is 0 Å². The number of anilines is 1. The molecule has 1 aromatic rings. The number of carbonyl (C=O) groups is 1. The summed E-state index contributed by atoms with van der Waals surface area (Å²) in [6, 6.07) is 8.45. The number of rotatable bonds is 5. The van der Waals surface area contributed by atoms with Gasteiger partial charge in [-0.3, -0.25) is 0 Å². The van der Waals surface area contributed by atoms with Gasteiger partial charge < -0.3 is 15.0 Å². The molecular weight excluding hydrogens is 348 g/mol. The summed E-state index contributed by atoms with van der Waals surface area (Å²) < 4.78 is 5.26. The molecule has 0 amide bonds. The molecule has 4 rings (SSSR count). The molecule has 0 radical (unpaired) electrons. The van der Waals surface area contributed by atoms with Crippen molar-refractivity contribution < 1.29 is 9.53 Å². The van der Waals surface area contributed by atoms with Gasteiger partial charge in [0.15, 0.2) is 0 Å². The number of hydrogen-bond acceptors (Lipinski definition) is 4. The SMILES string of the molecule is C=C1C(C(=O)OCC)=CC(C2CC2)=C2C(C)=C(c3ccc(NC)cc3)C=CN12. The van der Waals surface area contributed by atoms with Gasteiger partial charge in [0.2, 0.25) is 0 Å². The van der Waals surface area contributed by atoms with Crippen molar-refractivity contribution in [1.82, 2.24) is 4.90 Å². The molecule has 4 heteroatoms. The molecule has 1 N–H and O–H groups in total.